The monoisotopic (exact) mass is 1060 g/mol. The first-order valence-electron chi connectivity index (χ1n) is 24.2. The minimum Gasteiger partial charge on any atom is -0.488 e. The first-order valence-corrected chi connectivity index (χ1v) is 27.5. The lowest BCUT2D eigenvalue weighted by atomic mass is 9.89. The predicted octanol–water partition coefficient (Wildman–Crippen LogP) is 7.49. The fourth-order valence-electron chi connectivity index (χ4n) is 10.3. The molecule has 5 aliphatic rings. The van der Waals surface area contributed by atoms with Crippen LogP contribution in [0.1, 0.15) is 56.4 Å². The van der Waals surface area contributed by atoms with Crippen molar-refractivity contribution in [3.8, 4) is 16.9 Å². The van der Waals surface area contributed by atoms with Crippen molar-refractivity contribution in [1.29, 1.82) is 0 Å². The highest BCUT2D eigenvalue weighted by Crippen LogP contribution is 2.44. The lowest BCUT2D eigenvalue weighted by molar-refractivity contribution is -0.137. The number of aryl methyl sites for hydroxylation is 1. The Balaban J connectivity index is 0.790. The summed E-state index contributed by atoms with van der Waals surface area (Å²) in [5.41, 5.74) is 4.09. The van der Waals surface area contributed by atoms with E-state index >= 15 is 8.78 Å². The first kappa shape index (κ1) is 48.6. The van der Waals surface area contributed by atoms with E-state index in [-0.39, 0.29) is 42.3 Å². The molecule has 0 radical (unpaired) electrons. The lowest BCUT2D eigenvalue weighted by Crippen LogP contribution is -2.55. The number of nitrogens with one attached hydrogen (secondary N) is 3. The van der Waals surface area contributed by atoms with E-state index in [1.165, 1.54) is 24.3 Å². The van der Waals surface area contributed by atoms with Gasteiger partial charge in [-0.25, -0.2) is 18.2 Å². The number of ether oxygens (including phenoxy) is 1. The van der Waals surface area contributed by atoms with Crippen molar-refractivity contribution in [2.75, 3.05) is 86.1 Å². The molecular formula is C50H56BrF3N11O5P. The van der Waals surface area contributed by atoms with Crippen LogP contribution < -0.4 is 35.8 Å². The van der Waals surface area contributed by atoms with Gasteiger partial charge in [-0.05, 0) is 104 Å². The van der Waals surface area contributed by atoms with Crippen LogP contribution in [0.4, 0.5) is 47.7 Å². The van der Waals surface area contributed by atoms with Crippen LogP contribution in [-0.2, 0) is 26.0 Å². The summed E-state index contributed by atoms with van der Waals surface area (Å²) in [5, 5.41) is 13.7. The summed E-state index contributed by atoms with van der Waals surface area (Å²) in [6.45, 7) is 8.34. The molecule has 1 aliphatic carbocycles. The number of anilines is 6. The number of piperidine rings is 2. The lowest BCUT2D eigenvalue weighted by Gasteiger charge is -2.44. The molecule has 4 aliphatic heterocycles. The van der Waals surface area contributed by atoms with Crippen molar-refractivity contribution >= 4 is 80.6 Å². The summed E-state index contributed by atoms with van der Waals surface area (Å²) in [7, 11) is -0.963. The Bertz CT molecular complexity index is 2910. The Labute approximate surface area is 418 Å². The molecule has 0 bridgehead atoms. The maximum atomic E-state index is 15.4. The number of carbonyl (C=O) groups is 3. The summed E-state index contributed by atoms with van der Waals surface area (Å²) in [6.07, 6.45) is 9.95. The molecule has 5 fully saturated rings. The molecule has 2 aromatic heterocycles. The second-order valence-electron chi connectivity index (χ2n) is 19.6. The van der Waals surface area contributed by atoms with Gasteiger partial charge in [-0.1, -0.05) is 0 Å². The molecule has 5 aromatic rings. The third kappa shape index (κ3) is 10.7. The molecule has 1 saturated carbocycles. The molecule has 3 N–H and O–H groups in total. The van der Waals surface area contributed by atoms with Crippen LogP contribution in [0.15, 0.2) is 65.5 Å². The third-order valence-electron chi connectivity index (χ3n) is 14.2. The third-order valence-corrected chi connectivity index (χ3v) is 16.3. The number of halogens is 4. The molecule has 10 rings (SSSR count). The molecule has 71 heavy (non-hydrogen) atoms. The topological polar surface area (TPSA) is 170 Å². The van der Waals surface area contributed by atoms with Crippen LogP contribution in [0.3, 0.4) is 0 Å². The highest BCUT2D eigenvalue weighted by Gasteiger charge is 2.38. The minimum atomic E-state index is -2.85. The largest absolute Gasteiger partial charge is 0.488 e. The molecule has 16 nitrogen and oxygen atoms in total. The maximum Gasteiger partial charge on any atom is 0.234 e. The Morgan fingerprint density at radius 3 is 2.27 bits per heavy atom. The SMILES string of the molecule is Cn1cc(-c2cc(Nc3ncc(Br)c(Nc4ccc(F)cc4P(C)(C)=O)n3)c(OC3CC3)cc2N2CCC(N3CCN(C(=O)[C@@H]4CCN(c5cc(F)c([C@H]6CCC(=O)NC6=O)c(F)c5)C4)CC3)CC2)cn1. The summed E-state index contributed by atoms with van der Waals surface area (Å²) in [6, 6.07) is 11.1. The van der Waals surface area contributed by atoms with Crippen LogP contribution in [0.2, 0.25) is 0 Å². The van der Waals surface area contributed by atoms with E-state index in [9.17, 15) is 23.3 Å². The van der Waals surface area contributed by atoms with Crippen LogP contribution in [0.5, 0.6) is 5.75 Å². The number of aromatic nitrogens is 4. The average Bonchev–Trinajstić information content (AvgIpc) is 3.82. The standard InChI is InChI=1S/C50H56BrF3N11O5P/c1-61-27-30(25-56-61)36-23-41(58-50-55-26-37(51)47(60-50)57-40-8-4-31(52)20-44(40)71(2,3)69)43(70-34-5-6-34)24-42(36)63-14-11-32(12-15-63)62-16-18-64(19-17-62)49(68)29-10-13-65(28-29)33-21-38(53)46(39(54)22-33)35-7-9-45(66)59-48(35)67/h4,8,20-27,29,32,34-35H,5-7,9-19,28H2,1-3H3,(H,59,66,67)(H2,55,57,58,60)/t29-,35-/m1/s1. The van der Waals surface area contributed by atoms with Gasteiger partial charge in [-0.15, -0.1) is 0 Å². The number of imide groups is 1. The number of benzene rings is 3. The number of carbonyl (C=O) groups excluding carboxylic acids is 3. The molecule has 2 atom stereocenters. The second-order valence-corrected chi connectivity index (χ2v) is 23.6. The van der Waals surface area contributed by atoms with Crippen molar-refractivity contribution in [2.24, 2.45) is 13.0 Å². The molecule has 3 aromatic carbocycles. The molecule has 374 valence electrons. The normalized spacial score (nSPS) is 20.4. The van der Waals surface area contributed by atoms with E-state index in [2.05, 4.69) is 63.9 Å². The van der Waals surface area contributed by atoms with Gasteiger partial charge in [0.15, 0.2) is 0 Å². The van der Waals surface area contributed by atoms with Crippen molar-refractivity contribution in [3.05, 3.63) is 88.5 Å². The highest BCUT2D eigenvalue weighted by atomic mass is 79.9. The molecule has 6 heterocycles. The summed E-state index contributed by atoms with van der Waals surface area (Å²) < 4.78 is 67.0. The molecular weight excluding hydrogens is 1000 g/mol. The van der Waals surface area contributed by atoms with E-state index in [0.717, 1.165) is 68.7 Å². The Hall–Kier alpha value is -5.98. The average molecular weight is 1060 g/mol. The van der Waals surface area contributed by atoms with Gasteiger partial charge in [0.25, 0.3) is 0 Å². The van der Waals surface area contributed by atoms with Crippen molar-refractivity contribution in [1.82, 2.24) is 34.9 Å². The van der Waals surface area contributed by atoms with Crippen LogP contribution in [0, 0.1) is 23.4 Å². The van der Waals surface area contributed by atoms with Crippen molar-refractivity contribution in [3.63, 3.8) is 0 Å². The van der Waals surface area contributed by atoms with Gasteiger partial charge in [-0.3, -0.25) is 29.3 Å². The quantitative estimate of drug-likeness (QED) is 0.0784. The number of hydrogen-bond donors (Lipinski definition) is 3. The Morgan fingerprint density at radius 2 is 1.59 bits per heavy atom. The Morgan fingerprint density at radius 1 is 0.859 bits per heavy atom. The number of nitrogens with zero attached hydrogens (tertiary/aromatic N) is 8. The van der Waals surface area contributed by atoms with Gasteiger partial charge in [0.05, 0.1) is 40.0 Å². The first-order chi connectivity index (χ1) is 34.0. The molecule has 0 unspecified atom stereocenters. The zero-order valence-electron chi connectivity index (χ0n) is 39.8. The van der Waals surface area contributed by atoms with Crippen LogP contribution >= 0.6 is 23.1 Å². The molecule has 3 amide bonds. The maximum absolute atomic E-state index is 15.4. The fraction of sp³-hybridized carbons (Fsp3) is 0.440. The molecule has 4 saturated heterocycles. The van der Waals surface area contributed by atoms with Gasteiger partial charge >= 0.3 is 0 Å². The minimum absolute atomic E-state index is 0.0183. The zero-order valence-corrected chi connectivity index (χ0v) is 42.2. The second kappa shape index (κ2) is 19.9. The van der Waals surface area contributed by atoms with E-state index in [0.29, 0.717) is 77.0 Å². The van der Waals surface area contributed by atoms with Gasteiger partial charge in [0.1, 0.15) is 36.2 Å². The highest BCUT2D eigenvalue weighted by molar-refractivity contribution is 9.10. The number of piperazine rings is 1. The Kier molecular flexibility index (Phi) is 13.6. The number of rotatable bonds is 13. The van der Waals surface area contributed by atoms with Gasteiger partial charge in [0.2, 0.25) is 23.7 Å². The van der Waals surface area contributed by atoms with E-state index in [4.69, 9.17) is 9.72 Å². The summed E-state index contributed by atoms with van der Waals surface area (Å²) in [5.74, 6) is -3.23. The van der Waals surface area contributed by atoms with Crippen LogP contribution in [-0.4, -0.2) is 125 Å². The van der Waals surface area contributed by atoms with Gasteiger partial charge in [0, 0.05) is 124 Å². The van der Waals surface area contributed by atoms with E-state index in [1.807, 2.05) is 29.2 Å². The fourth-order valence-corrected chi connectivity index (χ4v) is 11.7. The van der Waals surface area contributed by atoms with E-state index in [1.54, 1.807) is 30.3 Å². The van der Waals surface area contributed by atoms with Gasteiger partial charge < -0.3 is 34.6 Å². The number of amides is 3. The zero-order chi connectivity index (χ0) is 49.7. The summed E-state index contributed by atoms with van der Waals surface area (Å²) >= 11 is 3.54. The van der Waals surface area contributed by atoms with Crippen molar-refractivity contribution < 1.29 is 36.9 Å². The van der Waals surface area contributed by atoms with E-state index < -0.39 is 42.3 Å². The smallest absolute Gasteiger partial charge is 0.234 e. The predicted molar refractivity (Wildman–Crippen MR) is 269 cm³/mol. The van der Waals surface area contributed by atoms with Crippen molar-refractivity contribution in [2.45, 2.75) is 63.0 Å². The number of hydrogen-bond acceptors (Lipinski definition) is 13. The molecule has 21 heteroatoms. The molecule has 0 spiro atoms. The van der Waals surface area contributed by atoms with Crippen LogP contribution in [0.25, 0.3) is 11.1 Å². The van der Waals surface area contributed by atoms with Gasteiger partial charge in [-0.2, -0.15) is 10.1 Å². The summed E-state index contributed by atoms with van der Waals surface area (Å²) in [4.78, 5) is 55.8.